The fraction of sp³-hybridized carbons (Fsp3) is 0.467. The molecule has 1 heterocycles. The minimum atomic E-state index is 0.216. The number of aromatic nitrogens is 1. The van der Waals surface area contributed by atoms with Crippen molar-refractivity contribution in [2.24, 2.45) is 11.3 Å². The van der Waals surface area contributed by atoms with E-state index in [1.165, 1.54) is 12.8 Å². The predicted octanol–water partition coefficient (Wildman–Crippen LogP) is 2.29. The molecule has 19 heavy (non-hydrogen) atoms. The lowest BCUT2D eigenvalue weighted by Crippen LogP contribution is -2.27. The van der Waals surface area contributed by atoms with Crippen molar-refractivity contribution in [3.8, 4) is 0 Å². The lowest BCUT2D eigenvalue weighted by molar-refractivity contribution is -0.122. The second-order valence-corrected chi connectivity index (χ2v) is 5.74. The van der Waals surface area contributed by atoms with E-state index in [0.29, 0.717) is 24.3 Å². The van der Waals surface area contributed by atoms with Gasteiger partial charge in [0.05, 0.1) is 0 Å². The van der Waals surface area contributed by atoms with Gasteiger partial charge in [0.15, 0.2) is 11.5 Å². The molecule has 0 saturated heterocycles. The number of carbonyl (C=O) groups excluding carboxylic acids is 1. The zero-order valence-corrected chi connectivity index (χ0v) is 10.7. The smallest absolute Gasteiger partial charge is 0.223 e. The van der Waals surface area contributed by atoms with E-state index in [0.717, 1.165) is 17.5 Å². The number of rotatable bonds is 4. The Balaban J connectivity index is 1.33. The number of hydrogen-bond acceptors (Lipinski definition) is 3. The molecule has 1 amide bonds. The lowest BCUT2D eigenvalue weighted by atomic mass is 10.3. The maximum atomic E-state index is 11.9. The average molecular weight is 256 g/mol. The zero-order valence-electron chi connectivity index (χ0n) is 10.7. The van der Waals surface area contributed by atoms with Crippen LogP contribution in [-0.2, 0) is 11.2 Å². The molecule has 2 aliphatic rings. The molecule has 1 N–H and O–H groups in total. The molecule has 1 spiro atoms. The van der Waals surface area contributed by atoms with E-state index in [9.17, 15) is 4.79 Å². The van der Waals surface area contributed by atoms with Crippen molar-refractivity contribution >= 4 is 17.0 Å². The fourth-order valence-electron chi connectivity index (χ4n) is 2.87. The highest BCUT2D eigenvalue weighted by atomic mass is 16.3. The molecule has 2 saturated carbocycles. The quantitative estimate of drug-likeness (QED) is 0.913. The van der Waals surface area contributed by atoms with E-state index in [2.05, 4.69) is 10.3 Å². The van der Waals surface area contributed by atoms with Crippen LogP contribution in [0.1, 0.15) is 25.2 Å². The Morgan fingerprint density at radius 1 is 1.42 bits per heavy atom. The third-order valence-corrected chi connectivity index (χ3v) is 4.37. The van der Waals surface area contributed by atoms with Gasteiger partial charge in [-0.2, -0.15) is 0 Å². The van der Waals surface area contributed by atoms with Gasteiger partial charge in [-0.25, -0.2) is 4.98 Å². The van der Waals surface area contributed by atoms with E-state index in [1.54, 1.807) is 0 Å². The van der Waals surface area contributed by atoms with Gasteiger partial charge in [0.25, 0.3) is 0 Å². The van der Waals surface area contributed by atoms with Crippen LogP contribution in [0.3, 0.4) is 0 Å². The van der Waals surface area contributed by atoms with Crippen molar-refractivity contribution in [3.05, 3.63) is 30.2 Å². The highest BCUT2D eigenvalue weighted by Gasteiger charge is 2.65. The van der Waals surface area contributed by atoms with Gasteiger partial charge in [-0.3, -0.25) is 4.79 Å². The monoisotopic (exact) mass is 256 g/mol. The summed E-state index contributed by atoms with van der Waals surface area (Å²) in [7, 11) is 0. The van der Waals surface area contributed by atoms with Gasteiger partial charge >= 0.3 is 0 Å². The zero-order chi connectivity index (χ0) is 12.9. The van der Waals surface area contributed by atoms with Crippen LogP contribution < -0.4 is 5.32 Å². The molecule has 2 fully saturated rings. The first-order valence-electron chi connectivity index (χ1n) is 6.89. The Morgan fingerprint density at radius 3 is 3.00 bits per heavy atom. The Morgan fingerprint density at radius 2 is 2.26 bits per heavy atom. The van der Waals surface area contributed by atoms with Gasteiger partial charge in [0, 0.05) is 18.9 Å². The van der Waals surface area contributed by atoms with E-state index < -0.39 is 0 Å². The first-order chi connectivity index (χ1) is 9.27. The number of nitrogens with zero attached hydrogens (tertiary/aromatic N) is 1. The molecule has 2 aliphatic carbocycles. The largest absolute Gasteiger partial charge is 0.441 e. The SMILES string of the molecule is O=C(NCCc1nc2ccccc2o1)[C@@H]1CC12CC2. The first kappa shape index (κ1) is 11.0. The lowest BCUT2D eigenvalue weighted by Gasteiger charge is -2.01. The van der Waals surface area contributed by atoms with Crippen molar-refractivity contribution in [3.63, 3.8) is 0 Å². The average Bonchev–Trinajstić information content (AvgIpc) is 3.30. The van der Waals surface area contributed by atoms with Crippen molar-refractivity contribution < 1.29 is 9.21 Å². The van der Waals surface area contributed by atoms with Crippen molar-refractivity contribution in [1.29, 1.82) is 0 Å². The van der Waals surface area contributed by atoms with Gasteiger partial charge in [-0.15, -0.1) is 0 Å². The third kappa shape index (κ3) is 1.91. The minimum absolute atomic E-state index is 0.216. The highest BCUT2D eigenvalue weighted by Crippen LogP contribution is 2.70. The Labute approximate surface area is 111 Å². The van der Waals surface area contributed by atoms with Crippen LogP contribution in [0.25, 0.3) is 11.1 Å². The van der Waals surface area contributed by atoms with Crippen molar-refractivity contribution in [2.45, 2.75) is 25.7 Å². The third-order valence-electron chi connectivity index (χ3n) is 4.37. The van der Waals surface area contributed by atoms with E-state index >= 15 is 0 Å². The summed E-state index contributed by atoms with van der Waals surface area (Å²) >= 11 is 0. The van der Waals surface area contributed by atoms with Gasteiger partial charge in [-0.05, 0) is 36.8 Å². The number of oxazole rings is 1. The Hall–Kier alpha value is -1.84. The summed E-state index contributed by atoms with van der Waals surface area (Å²) in [4.78, 5) is 16.3. The van der Waals surface area contributed by atoms with E-state index in [4.69, 9.17) is 4.42 Å². The number of para-hydroxylation sites is 2. The van der Waals surface area contributed by atoms with Crippen LogP contribution in [0.15, 0.2) is 28.7 Å². The Kier molecular flexibility index (Phi) is 2.22. The summed E-state index contributed by atoms with van der Waals surface area (Å²) in [5.74, 6) is 1.20. The van der Waals surface area contributed by atoms with Crippen LogP contribution in [0.2, 0.25) is 0 Å². The molecular weight excluding hydrogens is 240 g/mol. The second kappa shape index (κ2) is 3.83. The number of carbonyl (C=O) groups is 1. The number of hydrogen-bond donors (Lipinski definition) is 1. The number of amides is 1. The van der Waals surface area contributed by atoms with E-state index in [-0.39, 0.29) is 11.8 Å². The first-order valence-corrected chi connectivity index (χ1v) is 6.89. The normalized spacial score (nSPS) is 22.6. The molecule has 0 bridgehead atoms. The van der Waals surface area contributed by atoms with Crippen LogP contribution in [0.5, 0.6) is 0 Å². The minimum Gasteiger partial charge on any atom is -0.441 e. The summed E-state index contributed by atoms with van der Waals surface area (Å²) in [5.41, 5.74) is 2.12. The topological polar surface area (TPSA) is 55.1 Å². The second-order valence-electron chi connectivity index (χ2n) is 5.74. The summed E-state index contributed by atoms with van der Waals surface area (Å²) in [6.07, 6.45) is 4.24. The molecule has 0 aliphatic heterocycles. The molecule has 1 atom stereocenters. The number of nitrogens with one attached hydrogen (secondary N) is 1. The van der Waals surface area contributed by atoms with Gasteiger partial charge in [0.2, 0.25) is 5.91 Å². The summed E-state index contributed by atoms with van der Waals surface area (Å²) in [6.45, 7) is 0.609. The molecule has 4 nitrogen and oxygen atoms in total. The predicted molar refractivity (Wildman–Crippen MR) is 70.5 cm³/mol. The van der Waals surface area contributed by atoms with Gasteiger partial charge in [0.1, 0.15) is 5.52 Å². The van der Waals surface area contributed by atoms with Gasteiger partial charge < -0.3 is 9.73 Å². The number of fused-ring (bicyclic) bond motifs is 1. The molecule has 4 rings (SSSR count). The van der Waals surface area contributed by atoms with Crippen molar-refractivity contribution in [2.75, 3.05) is 6.54 Å². The van der Waals surface area contributed by atoms with Crippen LogP contribution >= 0.6 is 0 Å². The van der Waals surface area contributed by atoms with Crippen molar-refractivity contribution in [1.82, 2.24) is 10.3 Å². The standard InChI is InChI=1S/C15H16N2O2/c18-14(10-9-15(10)6-7-15)16-8-5-13-17-11-3-1-2-4-12(11)19-13/h1-4,10H,5-9H2,(H,16,18)/t10-/m0/s1. The summed E-state index contributed by atoms with van der Waals surface area (Å²) < 4.78 is 5.62. The molecule has 1 aromatic carbocycles. The maximum absolute atomic E-state index is 11.9. The molecule has 1 aromatic heterocycles. The maximum Gasteiger partial charge on any atom is 0.223 e. The molecule has 98 valence electrons. The van der Waals surface area contributed by atoms with Crippen LogP contribution in [0, 0.1) is 11.3 Å². The highest BCUT2D eigenvalue weighted by molar-refractivity contribution is 5.83. The number of benzene rings is 1. The van der Waals surface area contributed by atoms with Crippen LogP contribution in [-0.4, -0.2) is 17.4 Å². The fourth-order valence-corrected chi connectivity index (χ4v) is 2.87. The molecule has 0 radical (unpaired) electrons. The molecule has 2 aromatic rings. The summed E-state index contributed by atoms with van der Waals surface area (Å²) in [5, 5.41) is 2.99. The van der Waals surface area contributed by atoms with E-state index in [1.807, 2.05) is 24.3 Å². The van der Waals surface area contributed by atoms with Gasteiger partial charge in [-0.1, -0.05) is 12.1 Å². The summed E-state index contributed by atoms with van der Waals surface area (Å²) in [6, 6.07) is 7.72. The molecular formula is C15H16N2O2. The van der Waals surface area contributed by atoms with Crippen LogP contribution in [0.4, 0.5) is 0 Å². The molecule has 0 unspecified atom stereocenters. The molecule has 4 heteroatoms. The Bertz CT molecular complexity index is 609.